The molecule has 2 heterocycles. The molecule has 0 aliphatic carbocycles. The monoisotopic (exact) mass is 475 g/mol. The van der Waals surface area contributed by atoms with Crippen LogP contribution in [0.1, 0.15) is 11.1 Å². The predicted octanol–water partition coefficient (Wildman–Crippen LogP) is 5.02. The van der Waals surface area contributed by atoms with Gasteiger partial charge in [-0.3, -0.25) is 14.6 Å². The van der Waals surface area contributed by atoms with Crippen molar-refractivity contribution < 1.29 is 9.53 Å². The maximum absolute atomic E-state index is 13.3. The first-order chi connectivity index (χ1) is 15.0. The Labute approximate surface area is 196 Å². The van der Waals surface area contributed by atoms with E-state index < -0.39 is 0 Å². The number of thioether (sulfide) groups is 1. The predicted molar refractivity (Wildman–Crippen MR) is 131 cm³/mol. The van der Waals surface area contributed by atoms with E-state index in [9.17, 15) is 4.79 Å². The van der Waals surface area contributed by atoms with Crippen molar-refractivity contribution in [2.75, 3.05) is 50.0 Å². The summed E-state index contributed by atoms with van der Waals surface area (Å²) in [7, 11) is 0. The Bertz CT molecular complexity index is 1050. The zero-order chi connectivity index (χ0) is 21.8. The number of thiazole rings is 1. The molecule has 1 amide bonds. The van der Waals surface area contributed by atoms with E-state index in [1.54, 1.807) is 23.1 Å². The number of nitrogens with zero attached hydrogens (tertiary/aromatic N) is 3. The number of hydrogen-bond donors (Lipinski definition) is 0. The summed E-state index contributed by atoms with van der Waals surface area (Å²) in [5.41, 5.74) is 3.05. The third-order valence-corrected chi connectivity index (χ3v) is 7.85. The fourth-order valence-electron chi connectivity index (χ4n) is 3.45. The van der Waals surface area contributed by atoms with Crippen LogP contribution < -0.4 is 4.90 Å². The van der Waals surface area contributed by atoms with Crippen LogP contribution in [0.3, 0.4) is 0 Å². The van der Waals surface area contributed by atoms with Crippen LogP contribution in [0, 0.1) is 13.8 Å². The molecule has 0 radical (unpaired) electrons. The lowest BCUT2D eigenvalue weighted by atomic mass is 10.2. The fraction of sp³-hybridized carbons (Fsp3) is 0.391. The van der Waals surface area contributed by atoms with Gasteiger partial charge in [0.25, 0.3) is 0 Å². The molecular formula is C23H26ClN3O2S2. The number of rotatable bonds is 7. The summed E-state index contributed by atoms with van der Waals surface area (Å²) < 4.78 is 6.50. The van der Waals surface area contributed by atoms with Crippen LogP contribution in [-0.2, 0) is 9.53 Å². The van der Waals surface area contributed by atoms with Gasteiger partial charge in [-0.2, -0.15) is 0 Å². The van der Waals surface area contributed by atoms with E-state index in [0.717, 1.165) is 58.7 Å². The van der Waals surface area contributed by atoms with Crippen molar-refractivity contribution in [1.82, 2.24) is 9.88 Å². The molecule has 164 valence electrons. The van der Waals surface area contributed by atoms with Gasteiger partial charge < -0.3 is 4.74 Å². The molecule has 31 heavy (non-hydrogen) atoms. The molecule has 5 nitrogen and oxygen atoms in total. The van der Waals surface area contributed by atoms with Crippen molar-refractivity contribution in [2.45, 2.75) is 18.7 Å². The molecule has 1 aliphatic heterocycles. The van der Waals surface area contributed by atoms with Crippen molar-refractivity contribution >= 4 is 56.0 Å². The van der Waals surface area contributed by atoms with Crippen LogP contribution in [0.25, 0.3) is 10.2 Å². The van der Waals surface area contributed by atoms with Gasteiger partial charge in [-0.25, -0.2) is 4.98 Å². The summed E-state index contributed by atoms with van der Waals surface area (Å²) in [5.74, 6) is 0.448. The lowest BCUT2D eigenvalue weighted by Crippen LogP contribution is -2.43. The molecule has 0 bridgehead atoms. The number of benzene rings is 2. The average molecular weight is 476 g/mol. The normalized spacial score (nSPS) is 14.8. The molecule has 1 aromatic heterocycles. The van der Waals surface area contributed by atoms with Gasteiger partial charge in [0.1, 0.15) is 0 Å². The second kappa shape index (κ2) is 10.3. The van der Waals surface area contributed by atoms with Crippen molar-refractivity contribution in [3.8, 4) is 0 Å². The number of amides is 1. The molecule has 0 saturated carbocycles. The summed E-state index contributed by atoms with van der Waals surface area (Å²) in [6.45, 7) is 8.74. The Morgan fingerprint density at radius 3 is 2.68 bits per heavy atom. The lowest BCUT2D eigenvalue weighted by Gasteiger charge is -2.29. The number of hydrogen-bond acceptors (Lipinski definition) is 6. The highest BCUT2D eigenvalue weighted by Gasteiger charge is 2.22. The van der Waals surface area contributed by atoms with E-state index in [4.69, 9.17) is 21.3 Å². The summed E-state index contributed by atoms with van der Waals surface area (Å²) >= 11 is 9.41. The minimum Gasteiger partial charge on any atom is -0.379 e. The second-order valence-electron chi connectivity index (χ2n) is 7.62. The van der Waals surface area contributed by atoms with E-state index in [1.807, 2.05) is 24.0 Å². The largest absolute Gasteiger partial charge is 0.379 e. The summed E-state index contributed by atoms with van der Waals surface area (Å²) in [6.07, 6.45) is 0. The van der Waals surface area contributed by atoms with E-state index >= 15 is 0 Å². The van der Waals surface area contributed by atoms with E-state index in [0.29, 0.717) is 17.3 Å². The number of carbonyl (C=O) groups is 1. The maximum atomic E-state index is 13.3. The van der Waals surface area contributed by atoms with Gasteiger partial charge in [0.05, 0.1) is 29.2 Å². The minimum absolute atomic E-state index is 0.0710. The Hall–Kier alpha value is -1.64. The van der Waals surface area contributed by atoms with Crippen molar-refractivity contribution in [1.29, 1.82) is 0 Å². The van der Waals surface area contributed by atoms with Gasteiger partial charge in [0.15, 0.2) is 5.13 Å². The molecule has 1 fully saturated rings. The molecule has 4 rings (SSSR count). The van der Waals surface area contributed by atoms with Crippen LogP contribution in [0.15, 0.2) is 41.3 Å². The SMILES string of the molecule is Cc1ccc(SCC(=O)N(CCN2CCOCC2)c2nc3c(C)c(Cl)ccc3s2)cc1. The number of ether oxygens (including phenoxy) is 1. The number of morpholine rings is 1. The number of anilines is 1. The third-order valence-electron chi connectivity index (χ3n) is 5.40. The molecule has 0 N–H and O–H groups in total. The standard InChI is InChI=1S/C23H26ClN3O2S2/c1-16-3-5-18(6-4-16)30-15-21(28)27(10-9-26-11-13-29-14-12-26)23-25-22-17(2)19(24)7-8-20(22)31-23/h3-8H,9-15H2,1-2H3. The van der Waals surface area contributed by atoms with Gasteiger partial charge in [-0.15, -0.1) is 11.8 Å². The molecule has 1 aliphatic rings. The highest BCUT2D eigenvalue weighted by Crippen LogP contribution is 2.34. The van der Waals surface area contributed by atoms with Gasteiger partial charge in [-0.1, -0.05) is 40.6 Å². The van der Waals surface area contributed by atoms with Gasteiger partial charge in [0, 0.05) is 36.1 Å². The number of fused-ring (bicyclic) bond motifs is 1. The van der Waals surface area contributed by atoms with Crippen LogP contribution in [0.5, 0.6) is 0 Å². The third kappa shape index (κ3) is 5.59. The fourth-order valence-corrected chi connectivity index (χ4v) is 5.45. The zero-order valence-corrected chi connectivity index (χ0v) is 20.2. The van der Waals surface area contributed by atoms with Crippen molar-refractivity contribution in [2.24, 2.45) is 0 Å². The zero-order valence-electron chi connectivity index (χ0n) is 17.8. The van der Waals surface area contributed by atoms with Gasteiger partial charge in [-0.05, 0) is 43.7 Å². The number of aromatic nitrogens is 1. The molecule has 0 unspecified atom stereocenters. The number of aryl methyl sites for hydroxylation is 2. The van der Waals surface area contributed by atoms with E-state index in [1.165, 1.54) is 5.56 Å². The Morgan fingerprint density at radius 2 is 1.94 bits per heavy atom. The first-order valence-electron chi connectivity index (χ1n) is 10.4. The molecule has 0 spiro atoms. The second-order valence-corrected chi connectivity index (χ2v) is 10.1. The van der Waals surface area contributed by atoms with E-state index in [-0.39, 0.29) is 5.91 Å². The average Bonchev–Trinajstić information content (AvgIpc) is 3.21. The number of halogens is 1. The van der Waals surface area contributed by atoms with Crippen LogP contribution >= 0.6 is 34.7 Å². The highest BCUT2D eigenvalue weighted by atomic mass is 35.5. The first-order valence-corrected chi connectivity index (χ1v) is 12.5. The van der Waals surface area contributed by atoms with Crippen molar-refractivity contribution in [3.63, 3.8) is 0 Å². The van der Waals surface area contributed by atoms with E-state index in [2.05, 4.69) is 36.1 Å². The first kappa shape index (κ1) is 22.6. The van der Waals surface area contributed by atoms with Crippen molar-refractivity contribution in [3.05, 3.63) is 52.5 Å². The van der Waals surface area contributed by atoms with Crippen LogP contribution in [0.4, 0.5) is 5.13 Å². The Kier molecular flexibility index (Phi) is 7.51. The molecule has 1 saturated heterocycles. The molecular weight excluding hydrogens is 450 g/mol. The topological polar surface area (TPSA) is 45.7 Å². The smallest absolute Gasteiger partial charge is 0.239 e. The van der Waals surface area contributed by atoms with Crippen LogP contribution in [-0.4, -0.2) is 60.9 Å². The molecule has 2 aromatic carbocycles. The Balaban J connectivity index is 1.53. The maximum Gasteiger partial charge on any atom is 0.239 e. The Morgan fingerprint density at radius 1 is 1.19 bits per heavy atom. The van der Waals surface area contributed by atoms with Gasteiger partial charge >= 0.3 is 0 Å². The summed E-state index contributed by atoms with van der Waals surface area (Å²) in [6, 6.07) is 12.2. The minimum atomic E-state index is 0.0710. The summed E-state index contributed by atoms with van der Waals surface area (Å²) in [5, 5.41) is 1.44. The lowest BCUT2D eigenvalue weighted by molar-refractivity contribution is -0.116. The molecule has 8 heteroatoms. The van der Waals surface area contributed by atoms with Gasteiger partial charge in [0.2, 0.25) is 5.91 Å². The molecule has 3 aromatic rings. The highest BCUT2D eigenvalue weighted by molar-refractivity contribution is 8.00. The quantitative estimate of drug-likeness (QED) is 0.449. The molecule has 0 atom stereocenters. The summed E-state index contributed by atoms with van der Waals surface area (Å²) in [4.78, 5) is 23.4. The van der Waals surface area contributed by atoms with Crippen LogP contribution in [0.2, 0.25) is 5.02 Å². The number of carbonyl (C=O) groups excluding carboxylic acids is 1.